The molecule has 38 heavy (non-hydrogen) atoms. The Balaban J connectivity index is 1.95. The smallest absolute Gasteiger partial charge is 0.436 e. The van der Waals surface area contributed by atoms with Crippen LogP contribution in [-0.4, -0.2) is 53.3 Å². The number of amides is 3. The number of sulfone groups is 1. The van der Waals surface area contributed by atoms with Crippen LogP contribution in [0.4, 0.5) is 21.0 Å². The number of carbonyl (C=O) groups excluding carboxylic acids is 3. The largest absolute Gasteiger partial charge is 0.484 e. The lowest BCUT2D eigenvalue weighted by Gasteiger charge is -2.16. The molecule has 0 bridgehead atoms. The molecule has 0 atom stereocenters. The first-order valence-corrected chi connectivity index (χ1v) is 12.4. The molecule has 0 aromatic heterocycles. The number of ether oxygens (including phenoxy) is 3. The van der Waals surface area contributed by atoms with Gasteiger partial charge in [-0.3, -0.25) is 10.1 Å². The molecular formula is C25H24N4O8S. The molecule has 0 spiro atoms. The number of guanidine groups is 1. The average Bonchev–Trinajstić information content (AvgIpc) is 2.93. The summed E-state index contributed by atoms with van der Waals surface area (Å²) in [6.07, 6.45) is -1.98. The summed E-state index contributed by atoms with van der Waals surface area (Å²) in [4.78, 5) is 39.2. The van der Waals surface area contributed by atoms with E-state index in [4.69, 9.17) is 4.74 Å². The van der Waals surface area contributed by atoms with E-state index in [-0.39, 0.29) is 33.7 Å². The lowest BCUT2D eigenvalue weighted by molar-refractivity contribution is -0.118. The van der Waals surface area contributed by atoms with Crippen molar-refractivity contribution in [2.45, 2.75) is 9.79 Å². The Morgan fingerprint density at radius 3 is 2.13 bits per heavy atom. The van der Waals surface area contributed by atoms with E-state index in [9.17, 15) is 22.8 Å². The second-order valence-corrected chi connectivity index (χ2v) is 9.27. The molecule has 3 N–H and O–H groups in total. The predicted molar refractivity (Wildman–Crippen MR) is 138 cm³/mol. The summed E-state index contributed by atoms with van der Waals surface area (Å²) < 4.78 is 41.4. The fourth-order valence-corrected chi connectivity index (χ4v) is 4.47. The first-order valence-electron chi connectivity index (χ1n) is 10.9. The van der Waals surface area contributed by atoms with E-state index in [0.717, 1.165) is 14.2 Å². The number of alkyl carbamates (subject to hydrolysis) is 1. The van der Waals surface area contributed by atoms with Crippen LogP contribution >= 0.6 is 0 Å². The normalized spacial score (nSPS) is 11.2. The van der Waals surface area contributed by atoms with Crippen LogP contribution in [0.5, 0.6) is 5.75 Å². The third-order valence-corrected chi connectivity index (χ3v) is 6.57. The first kappa shape index (κ1) is 27.7. The van der Waals surface area contributed by atoms with Gasteiger partial charge in [-0.05, 0) is 42.5 Å². The number of rotatable bonds is 7. The molecule has 3 rings (SSSR count). The van der Waals surface area contributed by atoms with Gasteiger partial charge in [-0.2, -0.15) is 0 Å². The molecule has 3 amide bonds. The Hall–Kier alpha value is -4.91. The number of carbonyl (C=O) groups is 3. The zero-order valence-electron chi connectivity index (χ0n) is 20.3. The van der Waals surface area contributed by atoms with Crippen LogP contribution in [0, 0.1) is 0 Å². The molecule has 0 radical (unpaired) electrons. The Morgan fingerprint density at radius 2 is 1.50 bits per heavy atom. The summed E-state index contributed by atoms with van der Waals surface area (Å²) in [6.45, 7) is -0.367. The summed E-state index contributed by atoms with van der Waals surface area (Å²) in [7, 11) is -1.94. The van der Waals surface area contributed by atoms with Crippen LogP contribution in [0.1, 0.15) is 0 Å². The Labute approximate surface area is 218 Å². The van der Waals surface area contributed by atoms with Crippen LogP contribution in [0.3, 0.4) is 0 Å². The van der Waals surface area contributed by atoms with Crippen molar-refractivity contribution in [1.29, 1.82) is 0 Å². The number of benzene rings is 3. The standard InChI is InChI=1S/C25H24N4O8S/c1-35-24(31)28-23(29-25(32)36-2)26-17-13-14-20(27-22(30)16-37-18-9-5-3-6-10-18)21(15-17)38(33,34)19-11-7-4-8-12-19/h3-15H,16H2,1-2H3,(H,27,30)(H2,26,28,29,31,32). The molecule has 0 aliphatic carbocycles. The minimum Gasteiger partial charge on any atom is -0.484 e. The maximum absolute atomic E-state index is 13.5. The van der Waals surface area contributed by atoms with E-state index in [1.54, 1.807) is 48.5 Å². The molecule has 0 saturated heterocycles. The topological polar surface area (TPSA) is 161 Å². The fraction of sp³-hybridized carbons (Fsp3) is 0.120. The number of hydrogen-bond donors (Lipinski definition) is 3. The molecule has 0 unspecified atom stereocenters. The van der Waals surface area contributed by atoms with Gasteiger partial charge >= 0.3 is 12.2 Å². The van der Waals surface area contributed by atoms with Gasteiger partial charge in [0.1, 0.15) is 5.75 Å². The number of hydrogen-bond acceptors (Lipinski definition) is 8. The highest BCUT2D eigenvalue weighted by molar-refractivity contribution is 7.91. The molecule has 0 aliphatic rings. The second-order valence-electron chi connectivity index (χ2n) is 7.35. The summed E-state index contributed by atoms with van der Waals surface area (Å²) in [5, 5.41) is 7.38. The van der Waals surface area contributed by atoms with Crippen molar-refractivity contribution < 1.29 is 37.0 Å². The van der Waals surface area contributed by atoms with E-state index in [0.29, 0.717) is 5.75 Å². The first-order chi connectivity index (χ1) is 18.2. The van der Waals surface area contributed by atoms with Gasteiger partial charge in [0, 0.05) is 5.69 Å². The van der Waals surface area contributed by atoms with E-state index in [1.165, 1.54) is 30.3 Å². The monoisotopic (exact) mass is 540 g/mol. The number of para-hydroxylation sites is 1. The summed E-state index contributed by atoms with van der Waals surface area (Å²) in [5.41, 5.74) is 0.0885. The molecule has 198 valence electrons. The number of anilines is 2. The van der Waals surface area contributed by atoms with Crippen molar-refractivity contribution in [1.82, 2.24) is 5.32 Å². The molecule has 0 saturated carbocycles. The average molecular weight is 541 g/mol. The van der Waals surface area contributed by atoms with E-state index in [2.05, 4.69) is 30.4 Å². The second kappa shape index (κ2) is 12.9. The molecule has 3 aromatic rings. The van der Waals surface area contributed by atoms with Crippen LogP contribution in [0.2, 0.25) is 0 Å². The molecule has 0 heterocycles. The molecular weight excluding hydrogens is 516 g/mol. The van der Waals surface area contributed by atoms with Crippen molar-refractivity contribution in [3.8, 4) is 5.75 Å². The quantitative estimate of drug-likeness (QED) is 0.301. The highest BCUT2D eigenvalue weighted by atomic mass is 32.2. The zero-order valence-corrected chi connectivity index (χ0v) is 21.2. The third kappa shape index (κ3) is 7.54. The highest BCUT2D eigenvalue weighted by Gasteiger charge is 2.23. The maximum atomic E-state index is 13.5. The molecule has 13 heteroatoms. The lowest BCUT2D eigenvalue weighted by atomic mass is 10.2. The van der Waals surface area contributed by atoms with Crippen LogP contribution < -0.4 is 20.7 Å². The zero-order chi connectivity index (χ0) is 27.5. The van der Waals surface area contributed by atoms with Gasteiger partial charge in [0.25, 0.3) is 5.91 Å². The van der Waals surface area contributed by atoms with Gasteiger partial charge in [0.2, 0.25) is 15.8 Å². The van der Waals surface area contributed by atoms with Crippen LogP contribution in [0.25, 0.3) is 0 Å². The van der Waals surface area contributed by atoms with Gasteiger partial charge in [0.15, 0.2) is 6.61 Å². The molecule has 12 nitrogen and oxygen atoms in total. The summed E-state index contributed by atoms with van der Waals surface area (Å²) >= 11 is 0. The predicted octanol–water partition coefficient (Wildman–Crippen LogP) is 3.43. The van der Waals surface area contributed by atoms with Crippen molar-refractivity contribution in [2.75, 3.05) is 31.5 Å². The Kier molecular flexibility index (Phi) is 9.37. The Morgan fingerprint density at radius 1 is 0.842 bits per heavy atom. The highest BCUT2D eigenvalue weighted by Crippen LogP contribution is 2.30. The van der Waals surface area contributed by atoms with Gasteiger partial charge < -0.3 is 24.8 Å². The number of methoxy groups -OCH3 is 2. The van der Waals surface area contributed by atoms with Crippen molar-refractivity contribution in [2.24, 2.45) is 4.99 Å². The van der Waals surface area contributed by atoms with Gasteiger partial charge in [-0.1, -0.05) is 36.4 Å². The summed E-state index contributed by atoms with van der Waals surface area (Å²) in [6, 6.07) is 20.2. The fourth-order valence-electron chi connectivity index (χ4n) is 3.01. The maximum Gasteiger partial charge on any atom is 0.436 e. The lowest BCUT2D eigenvalue weighted by Crippen LogP contribution is -2.36. The molecule has 0 fully saturated rings. The van der Waals surface area contributed by atoms with E-state index in [1.807, 2.05) is 0 Å². The van der Waals surface area contributed by atoms with Gasteiger partial charge in [-0.25, -0.2) is 18.0 Å². The van der Waals surface area contributed by atoms with Crippen molar-refractivity contribution in [3.63, 3.8) is 0 Å². The minimum atomic E-state index is -4.14. The van der Waals surface area contributed by atoms with E-state index >= 15 is 0 Å². The Bertz CT molecular complexity index is 1430. The van der Waals surface area contributed by atoms with Crippen molar-refractivity contribution in [3.05, 3.63) is 78.9 Å². The SMILES string of the molecule is COC(=O)N=C(NC(=O)OC)Nc1ccc(NC(=O)COc2ccccc2)c(S(=O)(=O)c2ccccc2)c1. The van der Waals surface area contributed by atoms with Crippen molar-refractivity contribution >= 4 is 45.3 Å². The number of aliphatic imine (C=N–C) groups is 1. The minimum absolute atomic E-state index is 0.0200. The van der Waals surface area contributed by atoms with Gasteiger partial charge in [-0.15, -0.1) is 4.99 Å². The summed E-state index contributed by atoms with van der Waals surface area (Å²) in [5.74, 6) is -0.519. The molecule has 0 aliphatic heterocycles. The van der Waals surface area contributed by atoms with Crippen LogP contribution in [0.15, 0.2) is 93.6 Å². The van der Waals surface area contributed by atoms with Gasteiger partial charge in [0.05, 0.1) is 29.7 Å². The number of nitrogens with zero attached hydrogens (tertiary/aromatic N) is 1. The number of nitrogens with one attached hydrogen (secondary N) is 3. The van der Waals surface area contributed by atoms with E-state index < -0.39 is 27.9 Å². The van der Waals surface area contributed by atoms with Crippen LogP contribution in [-0.2, 0) is 24.1 Å². The molecule has 3 aromatic carbocycles. The third-order valence-electron chi connectivity index (χ3n) is 4.76.